The number of ketones is 1. The molecule has 0 amide bonds. The van der Waals surface area contributed by atoms with E-state index in [0.29, 0.717) is 12.6 Å². The predicted molar refractivity (Wildman–Crippen MR) is 82.6 cm³/mol. The van der Waals surface area contributed by atoms with E-state index in [1.165, 1.54) is 32.1 Å². The molecule has 104 valence electrons. The minimum atomic E-state index is 0.232. The summed E-state index contributed by atoms with van der Waals surface area (Å²) in [6.45, 7) is 3.86. The Hall–Kier alpha value is -0.670. The molecule has 1 aliphatic rings. The molecule has 3 heteroatoms. The smallest absolute Gasteiger partial charge is 0.177 e. The van der Waals surface area contributed by atoms with Crippen molar-refractivity contribution in [2.45, 2.75) is 45.1 Å². The standard InChI is InChI=1S/C16H22BrNO/c1-2-7-13-8-5-6-11-18(13)12-16(19)14-9-3-4-10-15(14)17/h3-4,9-10,13H,2,5-8,11-12H2,1H3. The van der Waals surface area contributed by atoms with E-state index in [2.05, 4.69) is 27.8 Å². The monoisotopic (exact) mass is 323 g/mol. The van der Waals surface area contributed by atoms with Crippen LogP contribution in [0.3, 0.4) is 0 Å². The second kappa shape index (κ2) is 7.20. The van der Waals surface area contributed by atoms with Gasteiger partial charge >= 0.3 is 0 Å². The Labute approximate surface area is 124 Å². The largest absolute Gasteiger partial charge is 0.293 e. The number of rotatable bonds is 5. The van der Waals surface area contributed by atoms with Gasteiger partial charge in [0.05, 0.1) is 6.54 Å². The number of nitrogens with zero attached hydrogens (tertiary/aromatic N) is 1. The van der Waals surface area contributed by atoms with Crippen molar-refractivity contribution in [2.24, 2.45) is 0 Å². The first-order valence-electron chi connectivity index (χ1n) is 7.24. The van der Waals surface area contributed by atoms with Gasteiger partial charge in [0.15, 0.2) is 5.78 Å². The van der Waals surface area contributed by atoms with Gasteiger partial charge in [-0.2, -0.15) is 0 Å². The summed E-state index contributed by atoms with van der Waals surface area (Å²) in [4.78, 5) is 14.8. The van der Waals surface area contributed by atoms with Crippen LogP contribution in [0.5, 0.6) is 0 Å². The van der Waals surface area contributed by atoms with Crippen LogP contribution in [0, 0.1) is 0 Å². The van der Waals surface area contributed by atoms with E-state index in [-0.39, 0.29) is 5.78 Å². The zero-order valence-electron chi connectivity index (χ0n) is 11.6. The van der Waals surface area contributed by atoms with Gasteiger partial charge in [-0.05, 0) is 31.9 Å². The molecule has 0 saturated carbocycles. The third-order valence-electron chi connectivity index (χ3n) is 3.89. The van der Waals surface area contributed by atoms with E-state index in [4.69, 9.17) is 0 Å². The van der Waals surface area contributed by atoms with Gasteiger partial charge in [-0.1, -0.05) is 53.9 Å². The number of piperidine rings is 1. The summed E-state index contributed by atoms with van der Waals surface area (Å²) in [5.41, 5.74) is 0.809. The van der Waals surface area contributed by atoms with Crippen LogP contribution in [0.1, 0.15) is 49.4 Å². The summed E-state index contributed by atoms with van der Waals surface area (Å²) in [6, 6.07) is 8.32. The molecule has 1 aromatic rings. The van der Waals surface area contributed by atoms with Crippen LogP contribution in [0.25, 0.3) is 0 Å². The summed E-state index contributed by atoms with van der Waals surface area (Å²) >= 11 is 3.47. The SMILES string of the molecule is CCCC1CCCCN1CC(=O)c1ccccc1Br. The maximum absolute atomic E-state index is 12.4. The Morgan fingerprint density at radius 2 is 2.16 bits per heavy atom. The van der Waals surface area contributed by atoms with Crippen molar-refractivity contribution in [1.82, 2.24) is 4.90 Å². The average Bonchev–Trinajstić information content (AvgIpc) is 2.41. The van der Waals surface area contributed by atoms with Gasteiger partial charge < -0.3 is 0 Å². The van der Waals surface area contributed by atoms with E-state index < -0.39 is 0 Å². The normalized spacial score (nSPS) is 20.4. The van der Waals surface area contributed by atoms with E-state index in [1.54, 1.807) is 0 Å². The first kappa shape index (κ1) is 14.7. The zero-order valence-corrected chi connectivity index (χ0v) is 13.2. The number of hydrogen-bond donors (Lipinski definition) is 0. The van der Waals surface area contributed by atoms with Crippen LogP contribution in [0.15, 0.2) is 28.7 Å². The van der Waals surface area contributed by atoms with Crippen LogP contribution in [0.4, 0.5) is 0 Å². The molecule has 0 aliphatic carbocycles. The van der Waals surface area contributed by atoms with Gasteiger partial charge in [-0.15, -0.1) is 0 Å². The van der Waals surface area contributed by atoms with Gasteiger partial charge in [0.2, 0.25) is 0 Å². The molecule has 1 atom stereocenters. The maximum atomic E-state index is 12.4. The summed E-state index contributed by atoms with van der Waals surface area (Å²) in [5.74, 6) is 0.232. The summed E-state index contributed by atoms with van der Waals surface area (Å²) in [6.07, 6.45) is 6.19. The average molecular weight is 324 g/mol. The Kier molecular flexibility index (Phi) is 5.59. The van der Waals surface area contributed by atoms with Crippen LogP contribution < -0.4 is 0 Å². The third kappa shape index (κ3) is 3.90. The fourth-order valence-corrected chi connectivity index (χ4v) is 3.39. The Balaban J connectivity index is 2.03. The molecule has 0 bridgehead atoms. The van der Waals surface area contributed by atoms with Crippen molar-refractivity contribution in [2.75, 3.05) is 13.1 Å². The van der Waals surface area contributed by atoms with Crippen molar-refractivity contribution < 1.29 is 4.79 Å². The minimum Gasteiger partial charge on any atom is -0.293 e. The first-order valence-corrected chi connectivity index (χ1v) is 8.03. The van der Waals surface area contributed by atoms with Gasteiger partial charge in [0.25, 0.3) is 0 Å². The summed E-state index contributed by atoms with van der Waals surface area (Å²) in [7, 11) is 0. The lowest BCUT2D eigenvalue weighted by molar-refractivity contribution is 0.0830. The number of benzene rings is 1. The van der Waals surface area contributed by atoms with Crippen molar-refractivity contribution in [3.8, 4) is 0 Å². The molecular weight excluding hydrogens is 302 g/mol. The minimum absolute atomic E-state index is 0.232. The molecule has 1 saturated heterocycles. The highest BCUT2D eigenvalue weighted by atomic mass is 79.9. The number of halogens is 1. The van der Waals surface area contributed by atoms with E-state index in [1.807, 2.05) is 24.3 Å². The van der Waals surface area contributed by atoms with Gasteiger partial charge in [-0.3, -0.25) is 9.69 Å². The quantitative estimate of drug-likeness (QED) is 0.753. The van der Waals surface area contributed by atoms with E-state index in [9.17, 15) is 4.79 Å². The first-order chi connectivity index (χ1) is 9.22. The fraction of sp³-hybridized carbons (Fsp3) is 0.562. The Morgan fingerprint density at radius 1 is 1.37 bits per heavy atom. The van der Waals surface area contributed by atoms with Gasteiger partial charge in [-0.25, -0.2) is 0 Å². The molecule has 2 nitrogen and oxygen atoms in total. The van der Waals surface area contributed by atoms with Crippen molar-refractivity contribution in [3.05, 3.63) is 34.3 Å². The highest BCUT2D eigenvalue weighted by molar-refractivity contribution is 9.10. The maximum Gasteiger partial charge on any atom is 0.177 e. The highest BCUT2D eigenvalue weighted by Crippen LogP contribution is 2.22. The van der Waals surface area contributed by atoms with Crippen LogP contribution >= 0.6 is 15.9 Å². The zero-order chi connectivity index (χ0) is 13.7. The number of Topliss-reactive ketones (excluding diaryl/α,β-unsaturated/α-hetero) is 1. The molecule has 1 heterocycles. The van der Waals surface area contributed by atoms with Crippen LogP contribution in [-0.4, -0.2) is 29.8 Å². The number of likely N-dealkylation sites (tertiary alicyclic amines) is 1. The summed E-state index contributed by atoms with van der Waals surface area (Å²) in [5, 5.41) is 0. The molecular formula is C16H22BrNO. The third-order valence-corrected chi connectivity index (χ3v) is 4.58. The summed E-state index contributed by atoms with van der Waals surface area (Å²) < 4.78 is 0.907. The van der Waals surface area contributed by atoms with E-state index >= 15 is 0 Å². The molecule has 0 spiro atoms. The van der Waals surface area contributed by atoms with Gasteiger partial charge in [0, 0.05) is 16.1 Å². The Morgan fingerprint density at radius 3 is 2.89 bits per heavy atom. The fourth-order valence-electron chi connectivity index (χ4n) is 2.89. The molecule has 1 aliphatic heterocycles. The van der Waals surface area contributed by atoms with Crippen LogP contribution in [-0.2, 0) is 0 Å². The van der Waals surface area contributed by atoms with Crippen molar-refractivity contribution in [3.63, 3.8) is 0 Å². The predicted octanol–water partition coefficient (Wildman–Crippen LogP) is 4.29. The second-order valence-corrected chi connectivity index (χ2v) is 6.17. The van der Waals surface area contributed by atoms with Crippen molar-refractivity contribution in [1.29, 1.82) is 0 Å². The molecule has 1 unspecified atom stereocenters. The molecule has 2 rings (SSSR count). The molecule has 0 aromatic heterocycles. The Bertz CT molecular complexity index is 431. The molecule has 19 heavy (non-hydrogen) atoms. The topological polar surface area (TPSA) is 20.3 Å². The molecule has 0 radical (unpaired) electrons. The number of carbonyl (C=O) groups is 1. The van der Waals surface area contributed by atoms with Crippen LogP contribution in [0.2, 0.25) is 0 Å². The van der Waals surface area contributed by atoms with Gasteiger partial charge in [0.1, 0.15) is 0 Å². The second-order valence-electron chi connectivity index (χ2n) is 5.31. The lowest BCUT2D eigenvalue weighted by atomic mass is 9.97. The highest BCUT2D eigenvalue weighted by Gasteiger charge is 2.24. The lowest BCUT2D eigenvalue weighted by Gasteiger charge is -2.35. The number of hydrogen-bond acceptors (Lipinski definition) is 2. The van der Waals surface area contributed by atoms with E-state index in [0.717, 1.165) is 16.6 Å². The molecule has 0 N–H and O–H groups in total. The lowest BCUT2D eigenvalue weighted by Crippen LogP contribution is -2.42. The molecule has 1 fully saturated rings. The molecule has 1 aromatic carbocycles. The number of carbonyl (C=O) groups excluding carboxylic acids is 1. The van der Waals surface area contributed by atoms with Crippen molar-refractivity contribution >= 4 is 21.7 Å².